The zero-order valence-corrected chi connectivity index (χ0v) is 18.4. The number of aryl methyl sites for hydroxylation is 1. The lowest BCUT2D eigenvalue weighted by atomic mass is 10.0. The van der Waals surface area contributed by atoms with Crippen molar-refractivity contribution in [3.8, 4) is 0 Å². The summed E-state index contributed by atoms with van der Waals surface area (Å²) in [6.07, 6.45) is 5.55. The normalized spacial score (nSPS) is 19.4. The van der Waals surface area contributed by atoms with Crippen molar-refractivity contribution in [3.05, 3.63) is 52.9 Å². The minimum Gasteiger partial charge on any atom is -0.467 e. The number of nitrogens with one attached hydrogen (secondary N) is 2. The van der Waals surface area contributed by atoms with Gasteiger partial charge in [0, 0.05) is 29.6 Å². The van der Waals surface area contributed by atoms with Gasteiger partial charge in [-0.25, -0.2) is 0 Å². The van der Waals surface area contributed by atoms with Crippen LogP contribution < -0.4 is 10.2 Å². The van der Waals surface area contributed by atoms with Gasteiger partial charge in [-0.15, -0.1) is 0 Å². The van der Waals surface area contributed by atoms with Gasteiger partial charge in [0.05, 0.1) is 32.4 Å². The van der Waals surface area contributed by atoms with Crippen LogP contribution >= 0.6 is 23.8 Å². The van der Waals surface area contributed by atoms with E-state index >= 15 is 0 Å². The van der Waals surface area contributed by atoms with Gasteiger partial charge in [0.25, 0.3) is 0 Å². The molecule has 1 aliphatic rings. The first-order valence-electron chi connectivity index (χ1n) is 10.2. The summed E-state index contributed by atoms with van der Waals surface area (Å²) in [4.78, 5) is 3.91. The molecule has 0 bridgehead atoms. The first-order chi connectivity index (χ1) is 13.5. The molecule has 0 aliphatic carbocycles. The predicted molar refractivity (Wildman–Crippen MR) is 120 cm³/mol. The van der Waals surface area contributed by atoms with Crippen LogP contribution in [0.3, 0.4) is 0 Å². The molecule has 28 heavy (non-hydrogen) atoms. The van der Waals surface area contributed by atoms with E-state index in [2.05, 4.69) is 17.1 Å². The molecule has 1 fully saturated rings. The molecule has 2 atom stereocenters. The molecule has 2 N–H and O–H groups in total. The number of furan rings is 1. The fraction of sp³-hybridized carbons (Fsp3) is 0.500. The highest BCUT2D eigenvalue weighted by Gasteiger charge is 2.20. The Morgan fingerprint density at radius 1 is 1.39 bits per heavy atom. The largest absolute Gasteiger partial charge is 0.467 e. The standard InChI is InChI=1S/C22H30ClN3OS/c1-17-6-3-10-25(15-17)11-5-12-26(16-20-7-4-13-27-20)22(28)24-19-9-8-18(2)21(23)14-19/h4,7-9,13-14,17H,3,5-6,10-12,15-16H2,1-2H3,(H,24,28)/p+1. The summed E-state index contributed by atoms with van der Waals surface area (Å²) < 4.78 is 5.55. The van der Waals surface area contributed by atoms with Crippen molar-refractivity contribution in [2.75, 3.05) is 31.5 Å². The van der Waals surface area contributed by atoms with Crippen LogP contribution in [0.25, 0.3) is 0 Å². The number of hydrogen-bond acceptors (Lipinski definition) is 2. The Hall–Kier alpha value is -1.56. The Balaban J connectivity index is 1.58. The molecule has 6 heteroatoms. The van der Waals surface area contributed by atoms with E-state index in [0.717, 1.165) is 40.9 Å². The van der Waals surface area contributed by atoms with Crippen molar-refractivity contribution in [3.63, 3.8) is 0 Å². The number of quaternary nitrogens is 1. The van der Waals surface area contributed by atoms with Crippen LogP contribution in [0, 0.1) is 12.8 Å². The van der Waals surface area contributed by atoms with Gasteiger partial charge in [-0.1, -0.05) is 24.6 Å². The third-order valence-electron chi connectivity index (χ3n) is 5.46. The third-order valence-corrected chi connectivity index (χ3v) is 6.23. The van der Waals surface area contributed by atoms with E-state index in [9.17, 15) is 0 Å². The van der Waals surface area contributed by atoms with Crippen LogP contribution in [-0.2, 0) is 6.54 Å². The van der Waals surface area contributed by atoms with Gasteiger partial charge in [0.15, 0.2) is 5.11 Å². The maximum atomic E-state index is 6.26. The zero-order valence-electron chi connectivity index (χ0n) is 16.8. The molecule has 2 heterocycles. The topological polar surface area (TPSA) is 32.9 Å². The zero-order chi connectivity index (χ0) is 19.9. The highest BCUT2D eigenvalue weighted by molar-refractivity contribution is 7.80. The molecule has 152 valence electrons. The molecule has 2 unspecified atom stereocenters. The maximum absolute atomic E-state index is 6.26. The lowest BCUT2D eigenvalue weighted by Gasteiger charge is -2.29. The maximum Gasteiger partial charge on any atom is 0.173 e. The van der Waals surface area contributed by atoms with Crippen molar-refractivity contribution >= 4 is 34.6 Å². The van der Waals surface area contributed by atoms with Crippen LogP contribution in [0.1, 0.15) is 37.5 Å². The minimum atomic E-state index is 0.671. The second-order valence-electron chi connectivity index (χ2n) is 7.95. The molecule has 1 aromatic heterocycles. The molecular formula is C22H31ClN3OS+. The summed E-state index contributed by atoms with van der Waals surface area (Å²) in [5.74, 6) is 1.77. The van der Waals surface area contributed by atoms with Gasteiger partial charge in [0.2, 0.25) is 0 Å². The smallest absolute Gasteiger partial charge is 0.173 e. The third kappa shape index (κ3) is 6.23. The van der Waals surface area contributed by atoms with Gasteiger partial charge in [-0.05, 0) is 61.8 Å². The van der Waals surface area contributed by atoms with Crippen LogP contribution in [0.2, 0.25) is 5.02 Å². The Kier molecular flexibility index (Phi) is 7.77. The van der Waals surface area contributed by atoms with Crippen LogP contribution in [0.4, 0.5) is 5.69 Å². The minimum absolute atomic E-state index is 0.671. The van der Waals surface area contributed by atoms with Crippen molar-refractivity contribution in [2.24, 2.45) is 5.92 Å². The predicted octanol–water partition coefficient (Wildman–Crippen LogP) is 4.15. The molecule has 0 radical (unpaired) electrons. The van der Waals surface area contributed by atoms with Crippen LogP contribution in [0.15, 0.2) is 41.0 Å². The molecule has 1 saturated heterocycles. The second-order valence-corrected chi connectivity index (χ2v) is 8.74. The van der Waals surface area contributed by atoms with E-state index in [-0.39, 0.29) is 0 Å². The number of likely N-dealkylation sites (tertiary alicyclic amines) is 1. The summed E-state index contributed by atoms with van der Waals surface area (Å²) in [6.45, 7) is 9.73. The van der Waals surface area contributed by atoms with Crippen molar-refractivity contribution in [1.82, 2.24) is 4.90 Å². The fourth-order valence-corrected chi connectivity index (χ4v) is 4.31. The summed E-state index contributed by atoms with van der Waals surface area (Å²) in [7, 11) is 0. The number of thiocarbonyl (C=S) groups is 1. The Morgan fingerprint density at radius 2 is 2.25 bits per heavy atom. The molecule has 1 aliphatic heterocycles. The molecule has 4 nitrogen and oxygen atoms in total. The first-order valence-corrected chi connectivity index (χ1v) is 11.0. The van der Waals surface area contributed by atoms with Gasteiger partial charge in [-0.2, -0.15) is 0 Å². The monoisotopic (exact) mass is 420 g/mol. The van der Waals surface area contributed by atoms with Crippen molar-refractivity contribution < 1.29 is 9.32 Å². The van der Waals surface area contributed by atoms with E-state index < -0.39 is 0 Å². The highest BCUT2D eigenvalue weighted by atomic mass is 35.5. The van der Waals surface area contributed by atoms with Gasteiger partial charge >= 0.3 is 0 Å². The Labute approximate surface area is 178 Å². The highest BCUT2D eigenvalue weighted by Crippen LogP contribution is 2.20. The lowest BCUT2D eigenvalue weighted by Crippen LogP contribution is -3.13. The lowest BCUT2D eigenvalue weighted by molar-refractivity contribution is -0.908. The van der Waals surface area contributed by atoms with Crippen LogP contribution in [-0.4, -0.2) is 36.2 Å². The number of anilines is 1. The Morgan fingerprint density at radius 3 is 2.96 bits per heavy atom. The SMILES string of the molecule is Cc1ccc(NC(=S)N(CCC[NH+]2CCCC(C)C2)Cc2ccco2)cc1Cl. The second kappa shape index (κ2) is 10.3. The molecule has 0 amide bonds. The van der Waals surface area contributed by atoms with Crippen molar-refractivity contribution in [1.29, 1.82) is 0 Å². The molecule has 0 saturated carbocycles. The van der Waals surface area contributed by atoms with E-state index in [1.807, 2.05) is 37.3 Å². The average Bonchev–Trinajstić information content (AvgIpc) is 3.17. The number of halogens is 1. The molecule has 1 aromatic carbocycles. The average molecular weight is 421 g/mol. The van der Waals surface area contributed by atoms with E-state index in [1.54, 1.807) is 11.2 Å². The molecule has 3 rings (SSSR count). The molecule has 0 spiro atoms. The van der Waals surface area contributed by atoms with E-state index in [4.69, 9.17) is 28.2 Å². The number of piperidine rings is 1. The van der Waals surface area contributed by atoms with Gasteiger partial charge in [-0.3, -0.25) is 0 Å². The molecular weight excluding hydrogens is 390 g/mol. The first kappa shape index (κ1) is 21.2. The fourth-order valence-electron chi connectivity index (χ4n) is 3.86. The van der Waals surface area contributed by atoms with Gasteiger partial charge in [0.1, 0.15) is 5.76 Å². The number of rotatable bonds is 7. The quantitative estimate of drug-likeness (QED) is 0.659. The van der Waals surface area contributed by atoms with Crippen LogP contribution in [0.5, 0.6) is 0 Å². The summed E-state index contributed by atoms with van der Waals surface area (Å²) >= 11 is 12.0. The summed E-state index contributed by atoms with van der Waals surface area (Å²) in [5.41, 5.74) is 1.98. The number of benzene rings is 1. The Bertz CT molecular complexity index is 765. The van der Waals surface area contributed by atoms with E-state index in [1.165, 1.54) is 32.5 Å². The van der Waals surface area contributed by atoms with E-state index in [0.29, 0.717) is 11.7 Å². The van der Waals surface area contributed by atoms with Gasteiger partial charge < -0.3 is 19.5 Å². The number of hydrogen-bond donors (Lipinski definition) is 2. The number of nitrogens with zero attached hydrogens (tertiary/aromatic N) is 1. The summed E-state index contributed by atoms with van der Waals surface area (Å²) in [5, 5.41) is 4.79. The van der Waals surface area contributed by atoms with Crippen molar-refractivity contribution in [2.45, 2.75) is 39.7 Å². The summed E-state index contributed by atoms with van der Waals surface area (Å²) in [6, 6.07) is 9.86. The molecule has 2 aromatic rings.